The maximum atomic E-state index is 13.2. The fourth-order valence-electron chi connectivity index (χ4n) is 2.32. The molecule has 0 radical (unpaired) electrons. The Labute approximate surface area is 122 Å². The molecule has 0 saturated heterocycles. The third-order valence-corrected chi connectivity index (χ3v) is 3.41. The van der Waals surface area contributed by atoms with Crippen molar-refractivity contribution < 1.29 is 13.9 Å². The van der Waals surface area contributed by atoms with Crippen LogP contribution in [-0.4, -0.2) is 19.1 Å². The standard InChI is InChI=1S/C16H15FN2O2/c1-19(13-5-3-2-4-6-13)18-16(20)15-10-11-9-12(17)7-8-14(11)21-15/h2-9,15H,10H2,1H3,(H,18,20). The molecule has 1 atom stereocenters. The fourth-order valence-corrected chi connectivity index (χ4v) is 2.32. The van der Waals surface area contributed by atoms with Crippen LogP contribution in [0.5, 0.6) is 5.75 Å². The van der Waals surface area contributed by atoms with Gasteiger partial charge in [0.25, 0.3) is 5.91 Å². The van der Waals surface area contributed by atoms with E-state index in [9.17, 15) is 9.18 Å². The second kappa shape index (κ2) is 5.44. The van der Waals surface area contributed by atoms with Crippen molar-refractivity contribution in [1.82, 2.24) is 5.43 Å². The van der Waals surface area contributed by atoms with E-state index in [1.165, 1.54) is 12.1 Å². The third-order valence-electron chi connectivity index (χ3n) is 3.41. The number of hydrogen-bond acceptors (Lipinski definition) is 3. The number of amides is 1. The predicted molar refractivity (Wildman–Crippen MR) is 77.5 cm³/mol. The summed E-state index contributed by atoms with van der Waals surface area (Å²) in [5.41, 5.74) is 4.35. The number of hydrogen-bond donors (Lipinski definition) is 1. The number of benzene rings is 2. The van der Waals surface area contributed by atoms with Crippen molar-refractivity contribution in [2.75, 3.05) is 12.1 Å². The number of anilines is 1. The molecular weight excluding hydrogens is 271 g/mol. The topological polar surface area (TPSA) is 41.6 Å². The SMILES string of the molecule is CN(NC(=O)C1Cc2cc(F)ccc2O1)c1ccccc1. The maximum Gasteiger partial charge on any atom is 0.279 e. The Morgan fingerprint density at radius 3 is 2.81 bits per heavy atom. The van der Waals surface area contributed by atoms with Gasteiger partial charge in [-0.15, -0.1) is 0 Å². The number of para-hydroxylation sites is 1. The summed E-state index contributed by atoms with van der Waals surface area (Å²) in [5.74, 6) is -0.00307. The van der Waals surface area contributed by atoms with Crippen LogP contribution in [0.4, 0.5) is 10.1 Å². The Morgan fingerprint density at radius 1 is 1.29 bits per heavy atom. The van der Waals surface area contributed by atoms with Crippen molar-refractivity contribution in [2.45, 2.75) is 12.5 Å². The van der Waals surface area contributed by atoms with Crippen LogP contribution in [-0.2, 0) is 11.2 Å². The van der Waals surface area contributed by atoms with Gasteiger partial charge in [-0.3, -0.25) is 15.2 Å². The lowest BCUT2D eigenvalue weighted by Gasteiger charge is -2.22. The van der Waals surface area contributed by atoms with Crippen molar-refractivity contribution in [3.8, 4) is 5.75 Å². The van der Waals surface area contributed by atoms with Crippen molar-refractivity contribution in [3.63, 3.8) is 0 Å². The Bertz CT molecular complexity index is 661. The van der Waals surface area contributed by atoms with Gasteiger partial charge in [0.1, 0.15) is 11.6 Å². The van der Waals surface area contributed by atoms with E-state index in [0.717, 1.165) is 11.3 Å². The minimum absolute atomic E-state index is 0.252. The van der Waals surface area contributed by atoms with Gasteiger partial charge in [0.2, 0.25) is 0 Å². The number of nitrogens with zero attached hydrogens (tertiary/aromatic N) is 1. The first-order chi connectivity index (χ1) is 10.1. The number of fused-ring (bicyclic) bond motifs is 1. The molecule has 1 aliphatic heterocycles. The van der Waals surface area contributed by atoms with Crippen LogP contribution in [0.2, 0.25) is 0 Å². The molecule has 1 N–H and O–H groups in total. The first kappa shape index (κ1) is 13.4. The van der Waals surface area contributed by atoms with Crippen molar-refractivity contribution >= 4 is 11.6 Å². The average molecular weight is 286 g/mol. The minimum atomic E-state index is -0.632. The number of carbonyl (C=O) groups is 1. The van der Waals surface area contributed by atoms with Gasteiger partial charge in [-0.25, -0.2) is 4.39 Å². The van der Waals surface area contributed by atoms with Gasteiger partial charge in [-0.1, -0.05) is 18.2 Å². The summed E-state index contributed by atoms with van der Waals surface area (Å²) in [5, 5.41) is 1.63. The van der Waals surface area contributed by atoms with Crippen LogP contribution in [0.25, 0.3) is 0 Å². The highest BCUT2D eigenvalue weighted by atomic mass is 19.1. The molecule has 4 nitrogen and oxygen atoms in total. The first-order valence-electron chi connectivity index (χ1n) is 6.68. The maximum absolute atomic E-state index is 13.2. The van der Waals surface area contributed by atoms with E-state index in [2.05, 4.69) is 5.43 Å². The Morgan fingerprint density at radius 2 is 2.05 bits per heavy atom. The number of ether oxygens (including phenoxy) is 1. The quantitative estimate of drug-likeness (QED) is 0.880. The van der Waals surface area contributed by atoms with E-state index in [4.69, 9.17) is 4.74 Å². The number of nitrogens with one attached hydrogen (secondary N) is 1. The zero-order valence-electron chi connectivity index (χ0n) is 11.5. The molecule has 0 bridgehead atoms. The van der Waals surface area contributed by atoms with Gasteiger partial charge in [0, 0.05) is 19.0 Å². The second-order valence-electron chi connectivity index (χ2n) is 4.93. The van der Waals surface area contributed by atoms with E-state index >= 15 is 0 Å². The summed E-state index contributed by atoms with van der Waals surface area (Å²) >= 11 is 0. The molecule has 0 spiro atoms. The highest BCUT2D eigenvalue weighted by Crippen LogP contribution is 2.29. The van der Waals surface area contributed by atoms with E-state index in [1.807, 2.05) is 30.3 Å². The summed E-state index contributed by atoms with van der Waals surface area (Å²) in [6, 6.07) is 13.8. The molecule has 0 saturated carbocycles. The molecule has 2 aromatic carbocycles. The molecule has 108 valence electrons. The van der Waals surface area contributed by atoms with Gasteiger partial charge in [0.05, 0.1) is 5.69 Å². The van der Waals surface area contributed by atoms with Crippen LogP contribution < -0.4 is 15.2 Å². The summed E-state index contributed by atoms with van der Waals surface area (Å²) in [6.07, 6.45) is -0.255. The van der Waals surface area contributed by atoms with Gasteiger partial charge in [0.15, 0.2) is 6.10 Å². The van der Waals surface area contributed by atoms with Crippen molar-refractivity contribution in [1.29, 1.82) is 0 Å². The Hall–Kier alpha value is -2.56. The average Bonchev–Trinajstić information content (AvgIpc) is 2.91. The Kier molecular flexibility index (Phi) is 3.48. The van der Waals surface area contributed by atoms with Gasteiger partial charge in [-0.2, -0.15) is 0 Å². The highest BCUT2D eigenvalue weighted by molar-refractivity contribution is 5.83. The lowest BCUT2D eigenvalue weighted by Crippen LogP contribution is -2.46. The van der Waals surface area contributed by atoms with Crippen molar-refractivity contribution in [2.24, 2.45) is 0 Å². The predicted octanol–water partition coefficient (Wildman–Crippen LogP) is 2.30. The summed E-state index contributed by atoms with van der Waals surface area (Å²) < 4.78 is 18.7. The molecule has 21 heavy (non-hydrogen) atoms. The second-order valence-corrected chi connectivity index (χ2v) is 4.93. The Balaban J connectivity index is 1.65. The van der Waals surface area contributed by atoms with E-state index in [-0.39, 0.29) is 11.7 Å². The fraction of sp³-hybridized carbons (Fsp3) is 0.188. The molecule has 2 aromatic rings. The minimum Gasteiger partial charge on any atom is -0.480 e. The zero-order valence-corrected chi connectivity index (χ0v) is 11.5. The first-order valence-corrected chi connectivity index (χ1v) is 6.68. The van der Waals surface area contributed by atoms with Gasteiger partial charge < -0.3 is 4.74 Å². The van der Waals surface area contributed by atoms with Crippen LogP contribution in [0.1, 0.15) is 5.56 Å². The van der Waals surface area contributed by atoms with E-state index in [1.54, 1.807) is 18.1 Å². The number of carbonyl (C=O) groups excluding carboxylic acids is 1. The molecule has 5 heteroatoms. The molecule has 3 rings (SSSR count). The monoisotopic (exact) mass is 286 g/mol. The molecule has 1 amide bonds. The van der Waals surface area contributed by atoms with Crippen LogP contribution in [0.15, 0.2) is 48.5 Å². The lowest BCUT2D eigenvalue weighted by atomic mass is 10.1. The molecule has 1 heterocycles. The molecule has 1 aliphatic rings. The largest absolute Gasteiger partial charge is 0.480 e. The molecule has 0 aromatic heterocycles. The summed E-state index contributed by atoms with van der Waals surface area (Å²) in [6.45, 7) is 0. The summed E-state index contributed by atoms with van der Waals surface area (Å²) in [7, 11) is 1.76. The molecule has 0 aliphatic carbocycles. The lowest BCUT2D eigenvalue weighted by molar-refractivity contribution is -0.127. The van der Waals surface area contributed by atoms with Gasteiger partial charge >= 0.3 is 0 Å². The van der Waals surface area contributed by atoms with E-state index in [0.29, 0.717) is 12.2 Å². The van der Waals surface area contributed by atoms with Crippen LogP contribution in [0.3, 0.4) is 0 Å². The zero-order chi connectivity index (χ0) is 14.8. The number of hydrazine groups is 1. The van der Waals surface area contributed by atoms with Crippen LogP contribution in [0, 0.1) is 5.82 Å². The van der Waals surface area contributed by atoms with Crippen LogP contribution >= 0.6 is 0 Å². The van der Waals surface area contributed by atoms with Crippen molar-refractivity contribution in [3.05, 3.63) is 59.9 Å². The smallest absolute Gasteiger partial charge is 0.279 e. The molecular formula is C16H15FN2O2. The highest BCUT2D eigenvalue weighted by Gasteiger charge is 2.30. The third kappa shape index (κ3) is 2.81. The number of rotatable bonds is 3. The molecule has 1 unspecified atom stereocenters. The van der Waals surface area contributed by atoms with Gasteiger partial charge in [-0.05, 0) is 30.3 Å². The summed E-state index contributed by atoms with van der Waals surface area (Å²) in [4.78, 5) is 12.2. The van der Waals surface area contributed by atoms with E-state index < -0.39 is 6.10 Å². The molecule has 0 fully saturated rings. The normalized spacial score (nSPS) is 16.0. The number of halogens is 1.